The zero-order valence-electron chi connectivity index (χ0n) is 14.5. The predicted octanol–water partition coefficient (Wildman–Crippen LogP) is 2.79. The zero-order chi connectivity index (χ0) is 17.4. The molecule has 0 saturated heterocycles. The van der Waals surface area contributed by atoms with Crippen molar-refractivity contribution >= 4 is 17.6 Å². The van der Waals surface area contributed by atoms with Crippen molar-refractivity contribution in [2.75, 3.05) is 18.0 Å². The average Bonchev–Trinajstić information content (AvgIpc) is 2.59. The number of carbonyl (C=O) groups is 2. The van der Waals surface area contributed by atoms with Gasteiger partial charge in [0.25, 0.3) is 0 Å². The van der Waals surface area contributed by atoms with Crippen molar-refractivity contribution in [3.63, 3.8) is 0 Å². The molecule has 2 amide bonds. The number of rotatable bonds is 8. The van der Waals surface area contributed by atoms with Crippen LogP contribution in [0.2, 0.25) is 0 Å². The first kappa shape index (κ1) is 18.2. The molecule has 0 bridgehead atoms. The molecule has 0 aromatic carbocycles. The lowest BCUT2D eigenvalue weighted by molar-refractivity contribution is -0.121. The molecule has 0 spiro atoms. The molecule has 0 atom stereocenters. The molecule has 24 heavy (non-hydrogen) atoms. The number of amides is 2. The summed E-state index contributed by atoms with van der Waals surface area (Å²) in [6, 6.07) is 4.10. The SMILES string of the molecule is C=CCCC(=O)N1CCCc2ccc(CCCC(=O)NCC)nc21. The van der Waals surface area contributed by atoms with Crippen LogP contribution in [0.5, 0.6) is 0 Å². The Hall–Kier alpha value is -2.17. The van der Waals surface area contributed by atoms with Crippen molar-refractivity contribution in [1.29, 1.82) is 0 Å². The third kappa shape index (κ3) is 4.91. The molecule has 0 saturated carbocycles. The molecule has 5 heteroatoms. The molecule has 5 nitrogen and oxygen atoms in total. The summed E-state index contributed by atoms with van der Waals surface area (Å²) in [6.07, 6.45) is 6.91. The first-order valence-corrected chi connectivity index (χ1v) is 8.82. The van der Waals surface area contributed by atoms with Crippen LogP contribution in [0.1, 0.15) is 50.3 Å². The fourth-order valence-electron chi connectivity index (χ4n) is 2.94. The van der Waals surface area contributed by atoms with E-state index in [2.05, 4.69) is 18.0 Å². The van der Waals surface area contributed by atoms with Gasteiger partial charge in [0.1, 0.15) is 5.82 Å². The highest BCUT2D eigenvalue weighted by atomic mass is 16.2. The van der Waals surface area contributed by atoms with Gasteiger partial charge in [-0.2, -0.15) is 0 Å². The summed E-state index contributed by atoms with van der Waals surface area (Å²) in [7, 11) is 0. The standard InChI is InChI=1S/C19H27N3O2/c1-3-5-11-18(24)22-14-7-8-15-12-13-16(21-19(15)22)9-6-10-17(23)20-4-2/h3,12-13H,1,4-11,14H2,2H3,(H,20,23). The van der Waals surface area contributed by atoms with Gasteiger partial charge >= 0.3 is 0 Å². The Morgan fingerprint density at radius 3 is 2.96 bits per heavy atom. The van der Waals surface area contributed by atoms with Gasteiger partial charge in [0.15, 0.2) is 0 Å². The van der Waals surface area contributed by atoms with Crippen LogP contribution in [0.3, 0.4) is 0 Å². The van der Waals surface area contributed by atoms with Gasteiger partial charge in [-0.25, -0.2) is 4.98 Å². The number of anilines is 1. The molecule has 0 fully saturated rings. The second-order valence-electron chi connectivity index (χ2n) is 6.07. The third-order valence-electron chi connectivity index (χ3n) is 4.17. The summed E-state index contributed by atoms with van der Waals surface area (Å²) in [5, 5.41) is 2.80. The predicted molar refractivity (Wildman–Crippen MR) is 96.0 cm³/mol. The molecule has 2 rings (SSSR count). The number of hydrogen-bond donors (Lipinski definition) is 1. The second kappa shape index (κ2) is 9.21. The maximum absolute atomic E-state index is 12.4. The minimum atomic E-state index is 0.0803. The Morgan fingerprint density at radius 2 is 2.21 bits per heavy atom. The van der Waals surface area contributed by atoms with Crippen molar-refractivity contribution in [1.82, 2.24) is 10.3 Å². The van der Waals surface area contributed by atoms with E-state index in [0.717, 1.165) is 49.3 Å². The Labute approximate surface area is 144 Å². The Morgan fingerprint density at radius 1 is 1.38 bits per heavy atom. The first-order chi connectivity index (χ1) is 11.7. The molecule has 0 radical (unpaired) electrons. The zero-order valence-corrected chi connectivity index (χ0v) is 14.5. The van der Waals surface area contributed by atoms with Crippen LogP contribution >= 0.6 is 0 Å². The number of hydrogen-bond acceptors (Lipinski definition) is 3. The fourth-order valence-corrected chi connectivity index (χ4v) is 2.94. The molecular formula is C19H27N3O2. The van der Waals surface area contributed by atoms with E-state index >= 15 is 0 Å². The van der Waals surface area contributed by atoms with E-state index in [4.69, 9.17) is 4.98 Å². The van der Waals surface area contributed by atoms with E-state index in [9.17, 15) is 9.59 Å². The lowest BCUT2D eigenvalue weighted by Gasteiger charge is -2.28. The topological polar surface area (TPSA) is 62.3 Å². The average molecular weight is 329 g/mol. The van der Waals surface area contributed by atoms with Gasteiger partial charge in [-0.05, 0) is 50.7 Å². The van der Waals surface area contributed by atoms with Gasteiger partial charge in [-0.1, -0.05) is 12.1 Å². The van der Waals surface area contributed by atoms with Gasteiger partial charge in [-0.15, -0.1) is 6.58 Å². The van der Waals surface area contributed by atoms with E-state index in [1.165, 1.54) is 0 Å². The Balaban J connectivity index is 2.02. The number of nitrogens with zero attached hydrogens (tertiary/aromatic N) is 2. The maximum Gasteiger partial charge on any atom is 0.228 e. The Bertz CT molecular complexity index is 598. The van der Waals surface area contributed by atoms with Crippen LogP contribution < -0.4 is 10.2 Å². The highest BCUT2D eigenvalue weighted by Crippen LogP contribution is 2.26. The highest BCUT2D eigenvalue weighted by molar-refractivity contribution is 5.93. The highest BCUT2D eigenvalue weighted by Gasteiger charge is 2.23. The smallest absolute Gasteiger partial charge is 0.228 e. The van der Waals surface area contributed by atoms with Crippen LogP contribution in [0.4, 0.5) is 5.82 Å². The monoisotopic (exact) mass is 329 g/mol. The van der Waals surface area contributed by atoms with Crippen LogP contribution in [-0.2, 0) is 22.4 Å². The van der Waals surface area contributed by atoms with Crippen molar-refractivity contribution in [3.8, 4) is 0 Å². The number of pyridine rings is 1. The van der Waals surface area contributed by atoms with Crippen LogP contribution in [-0.4, -0.2) is 29.9 Å². The molecule has 0 unspecified atom stereocenters. The van der Waals surface area contributed by atoms with Gasteiger partial charge < -0.3 is 5.32 Å². The lowest BCUT2D eigenvalue weighted by Crippen LogP contribution is -2.36. The Kier molecular flexibility index (Phi) is 6.97. The van der Waals surface area contributed by atoms with Crippen LogP contribution in [0.25, 0.3) is 0 Å². The summed E-state index contributed by atoms with van der Waals surface area (Å²) in [6.45, 7) is 6.99. The lowest BCUT2D eigenvalue weighted by atomic mass is 10.0. The minimum absolute atomic E-state index is 0.0803. The van der Waals surface area contributed by atoms with Gasteiger partial charge in [0.2, 0.25) is 11.8 Å². The number of allylic oxidation sites excluding steroid dienone is 1. The largest absolute Gasteiger partial charge is 0.356 e. The van der Waals surface area contributed by atoms with E-state index in [-0.39, 0.29) is 11.8 Å². The van der Waals surface area contributed by atoms with Crippen LogP contribution in [0.15, 0.2) is 24.8 Å². The molecular weight excluding hydrogens is 302 g/mol. The molecule has 130 valence electrons. The van der Waals surface area contributed by atoms with Crippen molar-refractivity contribution in [3.05, 3.63) is 36.0 Å². The minimum Gasteiger partial charge on any atom is -0.356 e. The summed E-state index contributed by atoms with van der Waals surface area (Å²) >= 11 is 0. The van der Waals surface area contributed by atoms with Crippen LogP contribution in [0, 0.1) is 0 Å². The summed E-state index contributed by atoms with van der Waals surface area (Å²) in [5.41, 5.74) is 2.09. The summed E-state index contributed by atoms with van der Waals surface area (Å²) in [5.74, 6) is 1.00. The molecule has 1 N–H and O–H groups in total. The molecule has 0 aliphatic carbocycles. The summed E-state index contributed by atoms with van der Waals surface area (Å²) < 4.78 is 0. The number of aryl methyl sites for hydroxylation is 2. The normalized spacial score (nSPS) is 13.3. The third-order valence-corrected chi connectivity index (χ3v) is 4.17. The van der Waals surface area contributed by atoms with Crippen molar-refractivity contribution in [2.24, 2.45) is 0 Å². The van der Waals surface area contributed by atoms with Crippen molar-refractivity contribution in [2.45, 2.75) is 51.9 Å². The number of fused-ring (bicyclic) bond motifs is 1. The number of carbonyl (C=O) groups excluding carboxylic acids is 2. The quantitative estimate of drug-likeness (QED) is 0.746. The van der Waals surface area contributed by atoms with E-state index in [0.29, 0.717) is 25.8 Å². The van der Waals surface area contributed by atoms with E-state index in [1.807, 2.05) is 17.9 Å². The fraction of sp³-hybridized carbons (Fsp3) is 0.526. The number of aromatic nitrogens is 1. The first-order valence-electron chi connectivity index (χ1n) is 8.82. The second-order valence-corrected chi connectivity index (χ2v) is 6.07. The summed E-state index contributed by atoms with van der Waals surface area (Å²) in [4.78, 5) is 30.4. The van der Waals surface area contributed by atoms with E-state index < -0.39 is 0 Å². The molecule has 1 aliphatic heterocycles. The molecule has 2 heterocycles. The number of nitrogens with one attached hydrogen (secondary N) is 1. The molecule has 1 aliphatic rings. The van der Waals surface area contributed by atoms with E-state index in [1.54, 1.807) is 6.08 Å². The van der Waals surface area contributed by atoms with Gasteiger partial charge in [-0.3, -0.25) is 14.5 Å². The molecule has 1 aromatic heterocycles. The maximum atomic E-state index is 12.4. The molecule has 1 aromatic rings. The van der Waals surface area contributed by atoms with Crippen molar-refractivity contribution < 1.29 is 9.59 Å². The van der Waals surface area contributed by atoms with Gasteiger partial charge in [0.05, 0.1) is 0 Å². The van der Waals surface area contributed by atoms with Gasteiger partial charge in [0, 0.05) is 31.6 Å².